The molecule has 1 aliphatic carbocycles. The third-order valence-electron chi connectivity index (χ3n) is 5.20. The van der Waals surface area contributed by atoms with Crippen molar-refractivity contribution in [1.29, 1.82) is 0 Å². The van der Waals surface area contributed by atoms with Gasteiger partial charge in [0.15, 0.2) is 0 Å². The summed E-state index contributed by atoms with van der Waals surface area (Å²) in [7, 11) is 0. The first kappa shape index (κ1) is 18.2. The van der Waals surface area contributed by atoms with E-state index in [9.17, 15) is 9.18 Å². The Morgan fingerprint density at radius 1 is 1.18 bits per heavy atom. The minimum absolute atomic E-state index is 0.282. The molecule has 0 bridgehead atoms. The Labute approximate surface area is 162 Å². The van der Waals surface area contributed by atoms with Crippen LogP contribution in [0.5, 0.6) is 0 Å². The number of aromatic nitrogens is 2. The van der Waals surface area contributed by atoms with Crippen LogP contribution in [0.1, 0.15) is 41.3 Å². The Hall–Kier alpha value is -3.21. The Morgan fingerprint density at radius 3 is 2.64 bits per heavy atom. The van der Waals surface area contributed by atoms with Crippen LogP contribution in [-0.2, 0) is 17.6 Å². The molecule has 0 radical (unpaired) electrons. The van der Waals surface area contributed by atoms with Crippen LogP contribution in [0.3, 0.4) is 0 Å². The zero-order valence-electron chi connectivity index (χ0n) is 15.4. The van der Waals surface area contributed by atoms with Crippen molar-refractivity contribution in [3.63, 3.8) is 0 Å². The third-order valence-corrected chi connectivity index (χ3v) is 5.20. The summed E-state index contributed by atoms with van der Waals surface area (Å²) in [6.07, 6.45) is 6.58. The van der Waals surface area contributed by atoms with Crippen molar-refractivity contribution >= 4 is 12.0 Å². The number of halogens is 1. The van der Waals surface area contributed by atoms with Gasteiger partial charge in [-0.15, -0.1) is 0 Å². The maximum absolute atomic E-state index is 13.4. The monoisotopic (exact) mass is 376 g/mol. The average Bonchev–Trinajstić information content (AvgIpc) is 3.07. The van der Waals surface area contributed by atoms with Crippen molar-refractivity contribution in [3.05, 3.63) is 89.0 Å². The number of hydrogen-bond donors (Lipinski definition) is 1. The van der Waals surface area contributed by atoms with E-state index in [1.807, 2.05) is 18.2 Å². The predicted octanol–water partition coefficient (Wildman–Crippen LogP) is 4.77. The van der Waals surface area contributed by atoms with Gasteiger partial charge in [0.1, 0.15) is 5.82 Å². The van der Waals surface area contributed by atoms with Crippen LogP contribution in [0.15, 0.2) is 60.7 Å². The highest BCUT2D eigenvalue weighted by molar-refractivity contribution is 5.85. The largest absolute Gasteiger partial charge is 0.478 e. The topological polar surface area (TPSA) is 55.1 Å². The molecule has 0 aliphatic heterocycles. The zero-order chi connectivity index (χ0) is 19.5. The second-order valence-corrected chi connectivity index (χ2v) is 7.09. The Kier molecular flexibility index (Phi) is 5.06. The number of aliphatic carboxylic acids is 1. The number of benzene rings is 2. The van der Waals surface area contributed by atoms with E-state index in [0.717, 1.165) is 54.4 Å². The molecule has 0 amide bonds. The quantitative estimate of drug-likeness (QED) is 0.653. The molecule has 1 N–H and O–H groups in total. The van der Waals surface area contributed by atoms with Gasteiger partial charge in [-0.05, 0) is 61.6 Å². The third kappa shape index (κ3) is 3.74. The lowest BCUT2D eigenvalue weighted by Crippen LogP contribution is -2.12. The molecule has 1 unspecified atom stereocenters. The maximum atomic E-state index is 13.4. The lowest BCUT2D eigenvalue weighted by Gasteiger charge is -2.21. The van der Waals surface area contributed by atoms with Crippen LogP contribution in [-0.4, -0.2) is 20.9 Å². The molecule has 2 aromatic carbocycles. The predicted molar refractivity (Wildman–Crippen MR) is 106 cm³/mol. The molecule has 4 nitrogen and oxygen atoms in total. The van der Waals surface area contributed by atoms with Crippen molar-refractivity contribution in [2.75, 3.05) is 0 Å². The molecule has 4 rings (SSSR count). The van der Waals surface area contributed by atoms with Gasteiger partial charge in [-0.1, -0.05) is 30.3 Å². The van der Waals surface area contributed by atoms with Crippen LogP contribution in [0, 0.1) is 5.82 Å². The van der Waals surface area contributed by atoms with Gasteiger partial charge in [-0.25, -0.2) is 13.9 Å². The van der Waals surface area contributed by atoms with Gasteiger partial charge >= 0.3 is 5.97 Å². The molecule has 1 heterocycles. The van der Waals surface area contributed by atoms with E-state index >= 15 is 0 Å². The molecule has 0 saturated carbocycles. The van der Waals surface area contributed by atoms with Gasteiger partial charge in [0.25, 0.3) is 0 Å². The van der Waals surface area contributed by atoms with E-state index in [1.54, 1.807) is 22.9 Å². The van der Waals surface area contributed by atoms with Crippen molar-refractivity contribution in [1.82, 2.24) is 9.78 Å². The summed E-state index contributed by atoms with van der Waals surface area (Å²) in [6, 6.07) is 16.4. The first-order chi connectivity index (χ1) is 13.6. The van der Waals surface area contributed by atoms with Gasteiger partial charge in [0, 0.05) is 17.6 Å². The summed E-state index contributed by atoms with van der Waals surface area (Å²) >= 11 is 0. The molecular formula is C23H21FN2O2. The average molecular weight is 376 g/mol. The second-order valence-electron chi connectivity index (χ2n) is 7.09. The van der Waals surface area contributed by atoms with Crippen LogP contribution >= 0.6 is 0 Å². The van der Waals surface area contributed by atoms with Crippen LogP contribution in [0.2, 0.25) is 0 Å². The van der Waals surface area contributed by atoms with Gasteiger partial charge in [0.2, 0.25) is 0 Å². The Bertz CT molecular complexity index is 1010. The number of rotatable bonds is 5. The summed E-state index contributed by atoms with van der Waals surface area (Å²) in [4.78, 5) is 11.1. The molecule has 3 aromatic rings. The molecular weight excluding hydrogens is 355 g/mol. The van der Waals surface area contributed by atoms with E-state index in [-0.39, 0.29) is 11.7 Å². The molecule has 5 heteroatoms. The fraction of sp³-hybridized carbons (Fsp3) is 0.217. The number of hydrogen-bond acceptors (Lipinski definition) is 2. The molecule has 142 valence electrons. The van der Waals surface area contributed by atoms with E-state index in [1.165, 1.54) is 17.7 Å². The summed E-state index contributed by atoms with van der Waals surface area (Å²) in [5.74, 6) is -1.03. The summed E-state index contributed by atoms with van der Waals surface area (Å²) in [5, 5.41) is 14.0. The van der Waals surface area contributed by atoms with Crippen LogP contribution < -0.4 is 0 Å². The van der Waals surface area contributed by atoms with Gasteiger partial charge in [0.05, 0.1) is 17.1 Å². The number of carbonyl (C=O) groups is 1. The smallest absolute Gasteiger partial charge is 0.328 e. The summed E-state index contributed by atoms with van der Waals surface area (Å²) in [5.41, 5.74) is 4.86. The second kappa shape index (κ2) is 7.80. The first-order valence-electron chi connectivity index (χ1n) is 9.44. The number of carboxylic acids is 1. The lowest BCUT2D eigenvalue weighted by molar-refractivity contribution is -0.131. The van der Waals surface area contributed by atoms with E-state index in [0.29, 0.717) is 0 Å². The molecule has 28 heavy (non-hydrogen) atoms. The molecule has 1 aliphatic rings. The van der Waals surface area contributed by atoms with Crippen molar-refractivity contribution in [2.24, 2.45) is 0 Å². The maximum Gasteiger partial charge on any atom is 0.328 e. The summed E-state index contributed by atoms with van der Waals surface area (Å²) < 4.78 is 15.1. The van der Waals surface area contributed by atoms with Crippen molar-refractivity contribution in [2.45, 2.75) is 31.6 Å². The lowest BCUT2D eigenvalue weighted by atomic mass is 9.83. The van der Waals surface area contributed by atoms with Gasteiger partial charge in [-0.2, -0.15) is 5.10 Å². The highest BCUT2D eigenvalue weighted by Gasteiger charge is 2.27. The minimum Gasteiger partial charge on any atom is -0.478 e. The molecule has 0 saturated heterocycles. The molecule has 0 spiro atoms. The fourth-order valence-corrected chi connectivity index (χ4v) is 3.93. The normalized spacial score (nSPS) is 16.2. The number of carboxylic acid groups (broad SMARTS) is 1. The zero-order valence-corrected chi connectivity index (χ0v) is 15.4. The molecule has 1 atom stereocenters. The SMILES string of the molecule is O=C(O)C=Cc1c2c(nn1-c1ccc(F)cc1)C(Cc1ccccc1)CCC2. The van der Waals surface area contributed by atoms with Gasteiger partial charge in [-0.3, -0.25) is 0 Å². The van der Waals surface area contributed by atoms with Crippen molar-refractivity contribution < 1.29 is 14.3 Å². The standard InChI is InChI=1S/C23H21FN2O2/c24-18-9-11-19(12-10-18)26-21(13-14-22(27)28)20-8-4-7-17(23(20)25-26)15-16-5-2-1-3-6-16/h1-3,5-6,9-14,17H,4,7-8,15H2,(H,27,28). The number of fused-ring (bicyclic) bond motifs is 1. The van der Waals surface area contributed by atoms with Crippen LogP contribution in [0.4, 0.5) is 4.39 Å². The highest BCUT2D eigenvalue weighted by atomic mass is 19.1. The van der Waals surface area contributed by atoms with E-state index in [2.05, 4.69) is 12.1 Å². The number of nitrogens with zero attached hydrogens (tertiary/aromatic N) is 2. The summed E-state index contributed by atoms with van der Waals surface area (Å²) in [6.45, 7) is 0. The highest BCUT2D eigenvalue weighted by Crippen LogP contribution is 2.36. The molecule has 1 aromatic heterocycles. The Balaban J connectivity index is 1.78. The van der Waals surface area contributed by atoms with Crippen LogP contribution in [0.25, 0.3) is 11.8 Å². The van der Waals surface area contributed by atoms with Gasteiger partial charge < -0.3 is 5.11 Å². The Morgan fingerprint density at radius 2 is 1.93 bits per heavy atom. The van der Waals surface area contributed by atoms with Crippen molar-refractivity contribution in [3.8, 4) is 5.69 Å². The van der Waals surface area contributed by atoms with E-state index < -0.39 is 5.97 Å². The molecule has 0 fully saturated rings. The fourth-order valence-electron chi connectivity index (χ4n) is 3.93. The first-order valence-corrected chi connectivity index (χ1v) is 9.44. The minimum atomic E-state index is -1.00. The van der Waals surface area contributed by atoms with E-state index in [4.69, 9.17) is 10.2 Å².